The average molecular weight is 340 g/mol. The maximum Gasteiger partial charge on any atom is 0.161 e. The molecule has 2 N–H and O–H groups in total. The highest BCUT2D eigenvalue weighted by Gasteiger charge is 2.11. The largest absolute Gasteiger partial charge is 0.493 e. The normalized spacial score (nSPS) is 11.9. The lowest BCUT2D eigenvalue weighted by Gasteiger charge is -2.15. The first-order chi connectivity index (χ1) is 11.8. The van der Waals surface area contributed by atoms with E-state index in [-0.39, 0.29) is 6.04 Å². The molecule has 1 aromatic carbocycles. The lowest BCUT2D eigenvalue weighted by Crippen LogP contribution is -2.13. The number of thiophene rings is 1. The fraction of sp³-hybridized carbons (Fsp3) is 0.211. The molecule has 0 saturated carbocycles. The molecule has 0 bridgehead atoms. The van der Waals surface area contributed by atoms with Gasteiger partial charge in [0.2, 0.25) is 0 Å². The van der Waals surface area contributed by atoms with E-state index < -0.39 is 0 Å². The molecular weight excluding hydrogens is 320 g/mol. The second kappa shape index (κ2) is 7.95. The van der Waals surface area contributed by atoms with Crippen molar-refractivity contribution >= 4 is 11.3 Å². The topological polar surface area (TPSA) is 57.4 Å². The summed E-state index contributed by atoms with van der Waals surface area (Å²) in [6.45, 7) is 0.544. The number of hydrogen-bond acceptors (Lipinski definition) is 5. The summed E-state index contributed by atoms with van der Waals surface area (Å²) in [6, 6.07) is 13.8. The summed E-state index contributed by atoms with van der Waals surface area (Å²) < 4.78 is 11.3. The molecule has 0 radical (unpaired) electrons. The van der Waals surface area contributed by atoms with E-state index in [9.17, 15) is 0 Å². The second-order valence-corrected chi connectivity index (χ2v) is 6.48. The van der Waals surface area contributed by atoms with E-state index in [4.69, 9.17) is 15.2 Å². The van der Waals surface area contributed by atoms with Crippen molar-refractivity contribution in [2.24, 2.45) is 5.73 Å². The third-order valence-corrected chi connectivity index (χ3v) is 4.60. The number of methoxy groups -OCH3 is 1. The van der Waals surface area contributed by atoms with Gasteiger partial charge < -0.3 is 15.2 Å². The van der Waals surface area contributed by atoms with Crippen LogP contribution in [0.2, 0.25) is 0 Å². The molecule has 3 rings (SSSR count). The first-order valence-electron chi connectivity index (χ1n) is 7.74. The zero-order valence-corrected chi connectivity index (χ0v) is 14.3. The predicted molar refractivity (Wildman–Crippen MR) is 96.5 cm³/mol. The number of ether oxygens (including phenoxy) is 2. The molecule has 124 valence electrons. The first kappa shape index (κ1) is 16.5. The minimum absolute atomic E-state index is 0.0960. The Kier molecular flexibility index (Phi) is 5.46. The van der Waals surface area contributed by atoms with Gasteiger partial charge in [0.1, 0.15) is 6.61 Å². The zero-order valence-electron chi connectivity index (χ0n) is 13.5. The Morgan fingerprint density at radius 2 is 2.08 bits per heavy atom. The molecule has 0 aliphatic rings. The van der Waals surface area contributed by atoms with Crippen LogP contribution in [0.25, 0.3) is 0 Å². The zero-order chi connectivity index (χ0) is 16.8. The van der Waals surface area contributed by atoms with Gasteiger partial charge in [0.25, 0.3) is 0 Å². The van der Waals surface area contributed by atoms with E-state index in [1.807, 2.05) is 41.8 Å². The van der Waals surface area contributed by atoms with Gasteiger partial charge in [-0.05, 0) is 47.2 Å². The highest BCUT2D eigenvalue weighted by atomic mass is 32.1. The first-order valence-corrected chi connectivity index (χ1v) is 8.62. The summed E-state index contributed by atoms with van der Waals surface area (Å²) in [6.07, 6.45) is 4.27. The number of pyridine rings is 1. The molecule has 3 aromatic rings. The van der Waals surface area contributed by atoms with E-state index >= 15 is 0 Å². The van der Waals surface area contributed by atoms with Crippen molar-refractivity contribution < 1.29 is 9.47 Å². The lowest BCUT2D eigenvalue weighted by molar-refractivity contribution is 0.287. The van der Waals surface area contributed by atoms with Gasteiger partial charge >= 0.3 is 0 Å². The minimum atomic E-state index is -0.0960. The predicted octanol–water partition coefficient (Wildman–Crippen LogP) is 3.97. The van der Waals surface area contributed by atoms with Crippen LogP contribution < -0.4 is 15.2 Å². The van der Waals surface area contributed by atoms with Crippen LogP contribution in [0.3, 0.4) is 0 Å². The molecule has 1 unspecified atom stereocenters. The van der Waals surface area contributed by atoms with Crippen LogP contribution in [0, 0.1) is 0 Å². The third-order valence-electron chi connectivity index (χ3n) is 3.75. The maximum atomic E-state index is 6.27. The number of benzene rings is 1. The van der Waals surface area contributed by atoms with Crippen molar-refractivity contribution in [2.45, 2.75) is 19.1 Å². The monoisotopic (exact) mass is 340 g/mol. The maximum absolute atomic E-state index is 6.27. The number of nitrogens with two attached hydrogens (primary N) is 1. The van der Waals surface area contributed by atoms with Gasteiger partial charge in [-0.15, -0.1) is 11.3 Å². The SMILES string of the molecule is COc1cc(CC(N)c2cccnc2)ccc1OCc1cccs1. The summed E-state index contributed by atoms with van der Waals surface area (Å²) in [7, 11) is 1.65. The van der Waals surface area contributed by atoms with E-state index in [2.05, 4.69) is 11.1 Å². The van der Waals surface area contributed by atoms with Crippen LogP contribution >= 0.6 is 11.3 Å². The third kappa shape index (κ3) is 4.13. The Morgan fingerprint density at radius 3 is 2.79 bits per heavy atom. The van der Waals surface area contributed by atoms with Crippen LogP contribution in [0.15, 0.2) is 60.2 Å². The highest BCUT2D eigenvalue weighted by Crippen LogP contribution is 2.30. The van der Waals surface area contributed by atoms with Crippen molar-refractivity contribution in [3.05, 3.63) is 76.2 Å². The van der Waals surface area contributed by atoms with Gasteiger partial charge in [0.05, 0.1) is 7.11 Å². The molecule has 1 atom stereocenters. The van der Waals surface area contributed by atoms with Gasteiger partial charge in [-0.25, -0.2) is 0 Å². The molecule has 0 amide bonds. The van der Waals surface area contributed by atoms with Crippen LogP contribution in [0.1, 0.15) is 22.0 Å². The number of hydrogen-bond donors (Lipinski definition) is 1. The Balaban J connectivity index is 1.69. The smallest absolute Gasteiger partial charge is 0.161 e. The molecule has 4 nitrogen and oxygen atoms in total. The van der Waals surface area contributed by atoms with Crippen molar-refractivity contribution in [3.8, 4) is 11.5 Å². The molecular formula is C19H20N2O2S. The molecule has 0 fully saturated rings. The Labute approximate surface area is 145 Å². The summed E-state index contributed by atoms with van der Waals surface area (Å²) in [5.41, 5.74) is 8.39. The Morgan fingerprint density at radius 1 is 1.17 bits per heavy atom. The quantitative estimate of drug-likeness (QED) is 0.707. The lowest BCUT2D eigenvalue weighted by atomic mass is 10.0. The Bertz CT molecular complexity index is 760. The van der Waals surface area contributed by atoms with Crippen molar-refractivity contribution in [1.29, 1.82) is 0 Å². The number of aromatic nitrogens is 1. The molecule has 0 aliphatic carbocycles. The molecule has 24 heavy (non-hydrogen) atoms. The van der Waals surface area contributed by atoms with Gasteiger partial charge in [-0.1, -0.05) is 18.2 Å². The van der Waals surface area contributed by atoms with Crippen LogP contribution in [-0.4, -0.2) is 12.1 Å². The van der Waals surface area contributed by atoms with Crippen LogP contribution in [0.5, 0.6) is 11.5 Å². The van der Waals surface area contributed by atoms with Gasteiger partial charge in [0.15, 0.2) is 11.5 Å². The van der Waals surface area contributed by atoms with Crippen molar-refractivity contribution in [1.82, 2.24) is 4.98 Å². The second-order valence-electron chi connectivity index (χ2n) is 5.45. The molecule has 2 aromatic heterocycles. The molecule has 0 saturated heterocycles. The highest BCUT2D eigenvalue weighted by molar-refractivity contribution is 7.09. The van der Waals surface area contributed by atoms with Gasteiger partial charge in [0, 0.05) is 23.3 Å². The van der Waals surface area contributed by atoms with Gasteiger partial charge in [-0.3, -0.25) is 4.98 Å². The summed E-state index contributed by atoms with van der Waals surface area (Å²) >= 11 is 1.68. The fourth-order valence-corrected chi connectivity index (χ4v) is 3.08. The average Bonchev–Trinajstić information content (AvgIpc) is 3.14. The summed E-state index contributed by atoms with van der Waals surface area (Å²) in [5, 5.41) is 2.04. The number of rotatable bonds is 7. The molecule has 2 heterocycles. The van der Waals surface area contributed by atoms with Crippen molar-refractivity contribution in [3.63, 3.8) is 0 Å². The molecule has 0 spiro atoms. The molecule has 5 heteroatoms. The molecule has 0 aliphatic heterocycles. The van der Waals surface area contributed by atoms with Gasteiger partial charge in [-0.2, -0.15) is 0 Å². The fourth-order valence-electron chi connectivity index (χ4n) is 2.47. The van der Waals surface area contributed by atoms with Crippen LogP contribution in [-0.2, 0) is 13.0 Å². The summed E-state index contributed by atoms with van der Waals surface area (Å²) in [4.78, 5) is 5.30. The summed E-state index contributed by atoms with van der Waals surface area (Å²) in [5.74, 6) is 1.46. The number of nitrogens with zero attached hydrogens (tertiary/aromatic N) is 1. The Hall–Kier alpha value is -2.37. The van der Waals surface area contributed by atoms with E-state index in [0.29, 0.717) is 13.0 Å². The van der Waals surface area contributed by atoms with Crippen molar-refractivity contribution in [2.75, 3.05) is 7.11 Å². The minimum Gasteiger partial charge on any atom is -0.493 e. The van der Waals surface area contributed by atoms with E-state index in [1.54, 1.807) is 30.8 Å². The van der Waals surface area contributed by atoms with E-state index in [1.165, 1.54) is 4.88 Å². The standard InChI is InChI=1S/C19H20N2O2S/c1-22-19-11-14(10-17(20)15-4-2-8-21-12-15)6-7-18(19)23-13-16-5-3-9-24-16/h2-9,11-12,17H,10,13,20H2,1H3. The van der Waals surface area contributed by atoms with Crippen LogP contribution in [0.4, 0.5) is 0 Å². The van der Waals surface area contributed by atoms with E-state index in [0.717, 1.165) is 22.6 Å².